The number of aromatic hydroxyl groups is 1. The molecule has 0 aliphatic carbocycles. The quantitative estimate of drug-likeness (QED) is 0.840. The van der Waals surface area contributed by atoms with Gasteiger partial charge in [0.05, 0.1) is 16.3 Å². The highest BCUT2D eigenvalue weighted by atomic mass is 32.1. The molecule has 0 radical (unpaired) electrons. The first kappa shape index (κ1) is 17.4. The summed E-state index contributed by atoms with van der Waals surface area (Å²) in [5.41, 5.74) is 0.212. The topological polar surface area (TPSA) is 89.2 Å². The number of hydrogen-bond acceptors (Lipinski definition) is 6. The van der Waals surface area contributed by atoms with Crippen molar-refractivity contribution in [1.29, 1.82) is 0 Å². The number of aromatic nitrogens is 3. The Bertz CT molecular complexity index is 834. The fourth-order valence-corrected chi connectivity index (χ4v) is 3.48. The van der Waals surface area contributed by atoms with Crippen molar-refractivity contribution in [3.8, 4) is 5.88 Å². The molecule has 23 heavy (non-hydrogen) atoms. The Balaban J connectivity index is 2.16. The molecule has 0 spiro atoms. The van der Waals surface area contributed by atoms with E-state index in [1.807, 2.05) is 13.8 Å². The molecule has 0 saturated carbocycles. The van der Waals surface area contributed by atoms with Crippen LogP contribution in [0.3, 0.4) is 0 Å². The van der Waals surface area contributed by atoms with Crippen LogP contribution in [-0.2, 0) is 20.5 Å². The minimum atomic E-state index is -0.542. The lowest BCUT2D eigenvalue weighted by molar-refractivity contribution is 0.390. The van der Waals surface area contributed by atoms with Gasteiger partial charge >= 0.3 is 5.69 Å². The summed E-state index contributed by atoms with van der Waals surface area (Å²) in [7, 11) is 2.85. The molecule has 2 aromatic heterocycles. The molecular weight excluding hydrogens is 316 g/mol. The summed E-state index contributed by atoms with van der Waals surface area (Å²) in [4.78, 5) is 29.6. The molecule has 2 heterocycles. The van der Waals surface area contributed by atoms with E-state index in [4.69, 9.17) is 0 Å². The van der Waals surface area contributed by atoms with Gasteiger partial charge in [0.2, 0.25) is 5.88 Å². The zero-order valence-corrected chi connectivity index (χ0v) is 14.8. The van der Waals surface area contributed by atoms with Gasteiger partial charge in [0.1, 0.15) is 0 Å². The average Bonchev–Trinajstić information content (AvgIpc) is 2.81. The fraction of sp³-hybridized carbons (Fsp3) is 0.533. The molecular formula is C15H22N4O3S. The largest absolute Gasteiger partial charge is 0.494 e. The van der Waals surface area contributed by atoms with Crippen LogP contribution in [0, 0.1) is 13.8 Å². The second-order valence-electron chi connectivity index (χ2n) is 5.61. The van der Waals surface area contributed by atoms with Gasteiger partial charge in [0.25, 0.3) is 5.56 Å². The standard InChI is InChI=1S/C15H22N4O3S/c1-8-11(23-10(3)17-8)6-7-16-9(2)12-13(20)18(4)15(22)19(5)14(12)21/h9,16,20H,6-7H2,1-5H3. The van der Waals surface area contributed by atoms with Gasteiger partial charge in [0, 0.05) is 31.6 Å². The first-order valence-electron chi connectivity index (χ1n) is 7.39. The summed E-state index contributed by atoms with van der Waals surface area (Å²) in [5.74, 6) is -0.289. The van der Waals surface area contributed by atoms with Crippen molar-refractivity contribution >= 4 is 11.3 Å². The second-order valence-corrected chi connectivity index (χ2v) is 6.90. The summed E-state index contributed by atoms with van der Waals surface area (Å²) in [6.07, 6.45) is 0.800. The van der Waals surface area contributed by atoms with E-state index in [0.29, 0.717) is 6.54 Å². The van der Waals surface area contributed by atoms with Crippen molar-refractivity contribution in [3.05, 3.63) is 42.0 Å². The van der Waals surface area contributed by atoms with Crippen LogP contribution in [-0.4, -0.2) is 25.8 Å². The van der Waals surface area contributed by atoms with Crippen molar-refractivity contribution in [2.24, 2.45) is 14.1 Å². The highest BCUT2D eigenvalue weighted by Crippen LogP contribution is 2.19. The Morgan fingerprint density at radius 3 is 2.48 bits per heavy atom. The molecule has 1 unspecified atom stereocenters. The smallest absolute Gasteiger partial charge is 0.333 e. The number of rotatable bonds is 5. The lowest BCUT2D eigenvalue weighted by Gasteiger charge is -2.17. The summed E-state index contributed by atoms with van der Waals surface area (Å²) >= 11 is 1.66. The van der Waals surface area contributed by atoms with E-state index in [0.717, 1.165) is 26.3 Å². The van der Waals surface area contributed by atoms with Crippen LogP contribution >= 0.6 is 11.3 Å². The lowest BCUT2D eigenvalue weighted by atomic mass is 10.1. The van der Waals surface area contributed by atoms with E-state index >= 15 is 0 Å². The van der Waals surface area contributed by atoms with Crippen LogP contribution in [0.4, 0.5) is 0 Å². The number of thiazole rings is 1. The van der Waals surface area contributed by atoms with Gasteiger partial charge in [-0.2, -0.15) is 0 Å². The fourth-order valence-electron chi connectivity index (χ4n) is 2.55. The Hall–Kier alpha value is -1.93. The third kappa shape index (κ3) is 3.37. The van der Waals surface area contributed by atoms with Crippen molar-refractivity contribution in [1.82, 2.24) is 19.4 Å². The number of nitrogens with one attached hydrogen (secondary N) is 1. The molecule has 0 fully saturated rings. The van der Waals surface area contributed by atoms with Gasteiger partial charge < -0.3 is 10.4 Å². The minimum absolute atomic E-state index is 0.201. The van der Waals surface area contributed by atoms with E-state index in [-0.39, 0.29) is 17.5 Å². The number of hydrogen-bond donors (Lipinski definition) is 2. The van der Waals surface area contributed by atoms with Gasteiger partial charge in [-0.3, -0.25) is 13.9 Å². The molecule has 1 atom stereocenters. The van der Waals surface area contributed by atoms with Crippen LogP contribution in [0.25, 0.3) is 0 Å². The van der Waals surface area contributed by atoms with Crippen molar-refractivity contribution in [2.75, 3.05) is 6.54 Å². The van der Waals surface area contributed by atoms with E-state index in [2.05, 4.69) is 10.3 Å². The molecule has 2 aromatic rings. The lowest BCUT2D eigenvalue weighted by Crippen LogP contribution is -2.41. The molecule has 0 saturated heterocycles. The average molecular weight is 338 g/mol. The molecule has 0 amide bonds. The molecule has 0 bridgehead atoms. The van der Waals surface area contributed by atoms with Crippen LogP contribution in [0.2, 0.25) is 0 Å². The van der Waals surface area contributed by atoms with Crippen LogP contribution in [0.15, 0.2) is 9.59 Å². The molecule has 2 N–H and O–H groups in total. The third-order valence-electron chi connectivity index (χ3n) is 3.90. The highest BCUT2D eigenvalue weighted by molar-refractivity contribution is 7.11. The Kier molecular flexibility index (Phi) is 5.06. The maximum atomic E-state index is 12.2. The third-order valence-corrected chi connectivity index (χ3v) is 5.04. The van der Waals surface area contributed by atoms with Crippen molar-refractivity contribution in [3.63, 3.8) is 0 Å². The number of nitrogens with zero attached hydrogens (tertiary/aromatic N) is 3. The normalized spacial score (nSPS) is 12.6. The van der Waals surface area contributed by atoms with Gasteiger partial charge in [-0.15, -0.1) is 11.3 Å². The first-order chi connectivity index (χ1) is 10.7. The zero-order chi connectivity index (χ0) is 17.3. The van der Waals surface area contributed by atoms with Crippen LogP contribution < -0.4 is 16.6 Å². The van der Waals surface area contributed by atoms with E-state index in [1.54, 1.807) is 18.3 Å². The van der Waals surface area contributed by atoms with E-state index in [1.165, 1.54) is 19.0 Å². The van der Waals surface area contributed by atoms with Crippen LogP contribution in [0.5, 0.6) is 5.88 Å². The summed E-state index contributed by atoms with van der Waals surface area (Å²) in [5, 5.41) is 14.4. The van der Waals surface area contributed by atoms with E-state index < -0.39 is 11.2 Å². The summed E-state index contributed by atoms with van der Waals surface area (Å²) in [6.45, 7) is 6.40. The number of aryl methyl sites for hydroxylation is 2. The summed E-state index contributed by atoms with van der Waals surface area (Å²) < 4.78 is 2.08. The van der Waals surface area contributed by atoms with Gasteiger partial charge in [-0.25, -0.2) is 9.78 Å². The molecule has 0 aromatic carbocycles. The monoisotopic (exact) mass is 338 g/mol. The predicted molar refractivity (Wildman–Crippen MR) is 90.3 cm³/mol. The van der Waals surface area contributed by atoms with E-state index in [9.17, 15) is 14.7 Å². The highest BCUT2D eigenvalue weighted by Gasteiger charge is 2.20. The van der Waals surface area contributed by atoms with Gasteiger partial charge in [0.15, 0.2) is 0 Å². The first-order valence-corrected chi connectivity index (χ1v) is 8.20. The Morgan fingerprint density at radius 1 is 1.26 bits per heavy atom. The molecule has 126 valence electrons. The SMILES string of the molecule is Cc1nc(C)c(CCNC(C)c2c(O)n(C)c(=O)n(C)c2=O)s1. The van der Waals surface area contributed by atoms with Gasteiger partial charge in [-0.05, 0) is 27.2 Å². The molecule has 0 aliphatic heterocycles. The molecule has 8 heteroatoms. The van der Waals surface area contributed by atoms with Crippen molar-refractivity contribution in [2.45, 2.75) is 33.2 Å². The maximum absolute atomic E-state index is 12.2. The summed E-state index contributed by atoms with van der Waals surface area (Å²) in [6, 6.07) is -0.366. The van der Waals surface area contributed by atoms with Crippen LogP contribution in [0.1, 0.15) is 34.1 Å². The van der Waals surface area contributed by atoms with Crippen molar-refractivity contribution < 1.29 is 5.11 Å². The predicted octanol–water partition coefficient (Wildman–Crippen LogP) is 0.756. The molecule has 7 nitrogen and oxygen atoms in total. The maximum Gasteiger partial charge on any atom is 0.333 e. The zero-order valence-electron chi connectivity index (χ0n) is 14.0. The second kappa shape index (κ2) is 6.67. The molecule has 0 aliphatic rings. The Labute approximate surface area is 138 Å². The Morgan fingerprint density at radius 2 is 1.91 bits per heavy atom. The molecule has 2 rings (SSSR count). The minimum Gasteiger partial charge on any atom is -0.494 e. The van der Waals surface area contributed by atoms with Gasteiger partial charge in [-0.1, -0.05) is 0 Å².